The van der Waals surface area contributed by atoms with Gasteiger partial charge in [0.15, 0.2) is 0 Å². The summed E-state index contributed by atoms with van der Waals surface area (Å²) in [6.45, 7) is -0.209. The minimum absolute atomic E-state index is 0.104. The van der Waals surface area contributed by atoms with Gasteiger partial charge in [-0.3, -0.25) is 0 Å². The van der Waals surface area contributed by atoms with Gasteiger partial charge in [0.1, 0.15) is 21.9 Å². The third-order valence-corrected chi connectivity index (χ3v) is 4.65. The summed E-state index contributed by atoms with van der Waals surface area (Å²) in [6, 6.07) is 3.84. The number of nitrogens with zero attached hydrogens (tertiary/aromatic N) is 2. The van der Waals surface area contributed by atoms with Gasteiger partial charge in [0.05, 0.1) is 13.2 Å². The van der Waals surface area contributed by atoms with Gasteiger partial charge in [-0.2, -0.15) is 10.5 Å². The summed E-state index contributed by atoms with van der Waals surface area (Å²) in [5.74, 6) is 0. The second-order valence-electron chi connectivity index (χ2n) is 2.56. The van der Waals surface area contributed by atoms with Crippen molar-refractivity contribution in [3.8, 4) is 12.1 Å². The van der Waals surface area contributed by atoms with E-state index in [0.717, 1.165) is 23.5 Å². The summed E-state index contributed by atoms with van der Waals surface area (Å²) in [5.41, 5.74) is 0. The summed E-state index contributed by atoms with van der Waals surface area (Å²) in [4.78, 5) is 0.669. The Balaban J connectivity index is 2.92. The van der Waals surface area contributed by atoms with Crippen LogP contribution in [0.3, 0.4) is 0 Å². The first kappa shape index (κ1) is 11.4. The lowest BCUT2D eigenvalue weighted by Gasteiger charge is -2.26. The molecule has 1 aliphatic heterocycles. The van der Waals surface area contributed by atoms with Crippen molar-refractivity contribution in [3.05, 3.63) is 9.81 Å². The standard InChI is InChI=1S/C8H8N2O2S2/c9-1-5-6(2-10)14-8(4-12)7(3-11)13-5/h7-8,11-12H,3-4H2. The van der Waals surface area contributed by atoms with Gasteiger partial charge in [0.2, 0.25) is 0 Å². The zero-order chi connectivity index (χ0) is 10.6. The predicted molar refractivity (Wildman–Crippen MR) is 55.2 cm³/mol. The summed E-state index contributed by atoms with van der Waals surface area (Å²) in [7, 11) is 0. The molecule has 0 aliphatic carbocycles. The molecule has 0 saturated carbocycles. The van der Waals surface area contributed by atoms with Crippen LogP contribution in [0.15, 0.2) is 9.81 Å². The van der Waals surface area contributed by atoms with Crippen LogP contribution in [0.25, 0.3) is 0 Å². The van der Waals surface area contributed by atoms with E-state index in [4.69, 9.17) is 20.7 Å². The highest BCUT2D eigenvalue weighted by atomic mass is 32.2. The van der Waals surface area contributed by atoms with Crippen LogP contribution in [0.2, 0.25) is 0 Å². The first-order chi connectivity index (χ1) is 6.76. The van der Waals surface area contributed by atoms with E-state index in [1.807, 2.05) is 12.1 Å². The van der Waals surface area contributed by atoms with Crippen LogP contribution in [0.4, 0.5) is 0 Å². The third kappa shape index (κ3) is 2.23. The van der Waals surface area contributed by atoms with Gasteiger partial charge in [0, 0.05) is 10.5 Å². The highest BCUT2D eigenvalue weighted by Crippen LogP contribution is 2.42. The van der Waals surface area contributed by atoms with Gasteiger partial charge < -0.3 is 10.2 Å². The number of allylic oxidation sites excluding steroid dienone is 2. The lowest BCUT2D eigenvalue weighted by molar-refractivity contribution is 0.253. The zero-order valence-electron chi connectivity index (χ0n) is 7.17. The molecule has 0 aromatic carbocycles. The molecule has 0 saturated heterocycles. The van der Waals surface area contributed by atoms with Crippen LogP contribution in [0, 0.1) is 22.7 Å². The van der Waals surface area contributed by atoms with Crippen molar-refractivity contribution in [2.75, 3.05) is 13.2 Å². The van der Waals surface area contributed by atoms with E-state index in [2.05, 4.69) is 0 Å². The van der Waals surface area contributed by atoms with Crippen LogP contribution < -0.4 is 0 Å². The Morgan fingerprint density at radius 2 is 1.36 bits per heavy atom. The molecular formula is C8H8N2O2S2. The lowest BCUT2D eigenvalue weighted by atomic mass is 10.3. The van der Waals surface area contributed by atoms with E-state index in [-0.39, 0.29) is 23.7 Å². The summed E-state index contributed by atoms with van der Waals surface area (Å²) in [5, 5.41) is 35.0. The van der Waals surface area contributed by atoms with Crippen molar-refractivity contribution in [2.45, 2.75) is 10.5 Å². The maximum absolute atomic E-state index is 9.00. The van der Waals surface area contributed by atoms with Crippen molar-refractivity contribution in [3.63, 3.8) is 0 Å². The molecule has 0 aromatic rings. The molecule has 1 rings (SSSR count). The highest BCUT2D eigenvalue weighted by Gasteiger charge is 2.30. The first-order valence-electron chi connectivity index (χ1n) is 3.86. The second-order valence-corrected chi connectivity index (χ2v) is 5.06. The molecule has 6 heteroatoms. The third-order valence-electron chi connectivity index (χ3n) is 1.72. The number of hydrogen-bond acceptors (Lipinski definition) is 6. The van der Waals surface area contributed by atoms with Crippen molar-refractivity contribution in [1.29, 1.82) is 10.5 Å². The summed E-state index contributed by atoms with van der Waals surface area (Å²) in [6.07, 6.45) is 0. The van der Waals surface area contributed by atoms with Crippen LogP contribution in [-0.4, -0.2) is 33.9 Å². The second kappa shape index (κ2) is 5.28. The maximum atomic E-state index is 9.00. The van der Waals surface area contributed by atoms with E-state index in [1.165, 1.54) is 0 Å². The van der Waals surface area contributed by atoms with Crippen molar-refractivity contribution in [1.82, 2.24) is 0 Å². The number of rotatable bonds is 2. The Morgan fingerprint density at radius 3 is 1.57 bits per heavy atom. The number of aliphatic hydroxyl groups excluding tert-OH is 2. The molecule has 0 spiro atoms. The number of thioether (sulfide) groups is 2. The smallest absolute Gasteiger partial charge is 0.110 e. The molecule has 0 radical (unpaired) electrons. The van der Waals surface area contributed by atoms with E-state index < -0.39 is 0 Å². The van der Waals surface area contributed by atoms with Crippen LogP contribution in [0.1, 0.15) is 0 Å². The summed E-state index contributed by atoms with van der Waals surface area (Å²) >= 11 is 2.32. The highest BCUT2D eigenvalue weighted by molar-refractivity contribution is 8.11. The molecule has 1 aliphatic rings. The molecule has 2 atom stereocenters. The van der Waals surface area contributed by atoms with Crippen molar-refractivity contribution < 1.29 is 10.2 Å². The Bertz CT molecular complexity index is 297. The van der Waals surface area contributed by atoms with Crippen molar-refractivity contribution >= 4 is 23.5 Å². The average molecular weight is 228 g/mol. The minimum atomic E-state index is -0.211. The molecule has 0 fully saturated rings. The quantitative estimate of drug-likeness (QED) is 0.713. The Hall–Kier alpha value is -0.660. The van der Waals surface area contributed by atoms with Gasteiger partial charge in [-0.1, -0.05) is 0 Å². The number of aliphatic hydroxyl groups is 2. The molecule has 0 aromatic heterocycles. The molecular weight excluding hydrogens is 220 g/mol. The van der Waals surface area contributed by atoms with E-state index in [0.29, 0.717) is 9.81 Å². The molecule has 1 heterocycles. The van der Waals surface area contributed by atoms with Gasteiger partial charge >= 0.3 is 0 Å². The van der Waals surface area contributed by atoms with E-state index in [1.54, 1.807) is 0 Å². The Labute approximate surface area is 90.2 Å². The monoisotopic (exact) mass is 228 g/mol. The van der Waals surface area contributed by atoms with Crippen molar-refractivity contribution in [2.24, 2.45) is 0 Å². The molecule has 4 nitrogen and oxygen atoms in total. The normalized spacial score (nSPS) is 26.9. The Morgan fingerprint density at radius 1 is 1.00 bits per heavy atom. The van der Waals surface area contributed by atoms with E-state index in [9.17, 15) is 0 Å². The fraction of sp³-hybridized carbons (Fsp3) is 0.500. The van der Waals surface area contributed by atoms with Gasteiger partial charge in [-0.15, -0.1) is 23.5 Å². The molecule has 0 bridgehead atoms. The zero-order valence-corrected chi connectivity index (χ0v) is 8.81. The van der Waals surface area contributed by atoms with Gasteiger partial charge in [0.25, 0.3) is 0 Å². The fourth-order valence-corrected chi connectivity index (χ4v) is 3.29. The summed E-state index contributed by atoms with van der Waals surface area (Å²) < 4.78 is 0. The predicted octanol–water partition coefficient (Wildman–Crippen LogP) is 0.447. The number of hydrogen-bond donors (Lipinski definition) is 2. The topological polar surface area (TPSA) is 88.0 Å². The molecule has 2 unspecified atom stereocenters. The van der Waals surface area contributed by atoms with Crippen LogP contribution >= 0.6 is 23.5 Å². The molecule has 74 valence electrons. The first-order valence-corrected chi connectivity index (χ1v) is 5.62. The average Bonchev–Trinajstić information content (AvgIpc) is 2.26. The molecule has 14 heavy (non-hydrogen) atoms. The van der Waals surface area contributed by atoms with Crippen LogP contribution in [0.5, 0.6) is 0 Å². The maximum Gasteiger partial charge on any atom is 0.110 e. The van der Waals surface area contributed by atoms with Gasteiger partial charge in [-0.05, 0) is 0 Å². The van der Waals surface area contributed by atoms with Crippen LogP contribution in [-0.2, 0) is 0 Å². The molecule has 0 amide bonds. The minimum Gasteiger partial charge on any atom is -0.395 e. The largest absolute Gasteiger partial charge is 0.395 e. The fourth-order valence-electron chi connectivity index (χ4n) is 1.03. The molecule has 2 N–H and O–H groups in total. The SMILES string of the molecule is N#CC1=C(C#N)SC(CO)C(CO)S1. The lowest BCUT2D eigenvalue weighted by Crippen LogP contribution is -2.29. The Kier molecular flexibility index (Phi) is 4.30. The van der Waals surface area contributed by atoms with E-state index >= 15 is 0 Å². The number of nitriles is 2. The van der Waals surface area contributed by atoms with Gasteiger partial charge in [-0.25, -0.2) is 0 Å².